The first-order chi connectivity index (χ1) is 4.20. The fraction of sp³-hybridized carbons (Fsp3) is 0. The van der Waals surface area contributed by atoms with Crippen molar-refractivity contribution in [3.8, 4) is 6.01 Å². The first-order valence-corrected chi connectivity index (χ1v) is 2.91. The summed E-state index contributed by atoms with van der Waals surface area (Å²) in [5.74, 6) is 0. The molecule has 1 aromatic rings. The summed E-state index contributed by atoms with van der Waals surface area (Å²) in [6, 6.07) is -0.622. The second kappa shape index (κ2) is 4.12. The molecular weight excluding hydrogens is 211 g/mol. The molecule has 48 valence electrons. The molecule has 0 spiro atoms. The Balaban J connectivity index is 0.000000810. The van der Waals surface area contributed by atoms with Crippen LogP contribution in [0, 0.1) is 0 Å². The maximum Gasteiger partial charge on any atom is 1.00 e. The van der Waals surface area contributed by atoms with Gasteiger partial charge in [-0.15, -0.1) is 0 Å². The van der Waals surface area contributed by atoms with Crippen molar-refractivity contribution in [3.63, 3.8) is 0 Å². The Bertz CT molecular complexity index is 274. The fourth-order valence-electron chi connectivity index (χ4n) is 0.363. The molecule has 1 aromatic heterocycles. The first-order valence-electron chi connectivity index (χ1n) is 2.12. The van der Waals surface area contributed by atoms with Crippen LogP contribution in [0.4, 0.5) is 0 Å². The van der Waals surface area contributed by atoms with E-state index in [4.69, 9.17) is 0 Å². The molecule has 1 heterocycles. The summed E-state index contributed by atoms with van der Waals surface area (Å²) in [7, 11) is 0. The Morgan fingerprint density at radius 2 is 2.30 bits per heavy atom. The van der Waals surface area contributed by atoms with Gasteiger partial charge in [0.25, 0.3) is 5.56 Å². The van der Waals surface area contributed by atoms with Crippen molar-refractivity contribution in [1.82, 2.24) is 9.97 Å². The molecule has 10 heavy (non-hydrogen) atoms. The van der Waals surface area contributed by atoms with Gasteiger partial charge in [0.1, 0.15) is 4.47 Å². The van der Waals surface area contributed by atoms with Crippen LogP contribution < -0.4 is 40.2 Å². The van der Waals surface area contributed by atoms with Crippen LogP contribution in [-0.2, 0) is 0 Å². The normalized spacial score (nSPS) is 8.50. The van der Waals surface area contributed by atoms with E-state index in [0.29, 0.717) is 0 Å². The smallest absolute Gasteiger partial charge is 0.846 e. The molecule has 0 atom stereocenters. The van der Waals surface area contributed by atoms with Gasteiger partial charge in [0.2, 0.25) is 0 Å². The number of nitrogens with zero attached hydrogens (tertiary/aromatic N) is 1. The van der Waals surface area contributed by atoms with E-state index in [1.54, 1.807) is 0 Å². The van der Waals surface area contributed by atoms with Gasteiger partial charge in [-0.05, 0) is 15.9 Å². The average Bonchev–Trinajstić information content (AvgIpc) is 1.80. The summed E-state index contributed by atoms with van der Waals surface area (Å²) in [6.07, 6.45) is 1.17. The molecule has 1 N–H and O–H groups in total. The summed E-state index contributed by atoms with van der Waals surface area (Å²) in [5, 5.41) is 10.3. The Kier molecular flexibility index (Phi) is 4.19. The number of H-pyrrole nitrogens is 1. The van der Waals surface area contributed by atoms with Gasteiger partial charge >= 0.3 is 29.6 Å². The van der Waals surface area contributed by atoms with Crippen LogP contribution in [0.3, 0.4) is 0 Å². The van der Waals surface area contributed by atoms with Crippen LogP contribution in [0.25, 0.3) is 0 Å². The maximum atomic E-state index is 10.5. The third kappa shape index (κ3) is 2.42. The van der Waals surface area contributed by atoms with Gasteiger partial charge in [-0.1, -0.05) is 0 Å². The van der Waals surface area contributed by atoms with Crippen LogP contribution in [0.1, 0.15) is 0 Å². The topological polar surface area (TPSA) is 68.8 Å². The van der Waals surface area contributed by atoms with Crippen LogP contribution in [0.15, 0.2) is 15.5 Å². The number of halogens is 1. The van der Waals surface area contributed by atoms with Crippen molar-refractivity contribution in [3.05, 3.63) is 21.0 Å². The van der Waals surface area contributed by atoms with E-state index in [-0.39, 0.29) is 34.0 Å². The van der Waals surface area contributed by atoms with E-state index in [0.717, 1.165) is 0 Å². The van der Waals surface area contributed by atoms with E-state index in [2.05, 4.69) is 20.9 Å². The number of aromatic amines is 1. The van der Waals surface area contributed by atoms with Crippen molar-refractivity contribution >= 4 is 15.9 Å². The van der Waals surface area contributed by atoms with Gasteiger partial charge in [-0.3, -0.25) is 9.78 Å². The first kappa shape index (κ1) is 10.2. The fourth-order valence-corrected chi connectivity index (χ4v) is 0.565. The average molecular weight is 213 g/mol. The van der Waals surface area contributed by atoms with Gasteiger partial charge in [-0.25, -0.2) is 0 Å². The Labute approximate surface area is 87.1 Å². The summed E-state index contributed by atoms with van der Waals surface area (Å²) in [4.78, 5) is 15.7. The second-order valence-corrected chi connectivity index (χ2v) is 2.22. The van der Waals surface area contributed by atoms with E-state index >= 15 is 0 Å². The molecule has 0 bridgehead atoms. The summed E-state index contributed by atoms with van der Waals surface area (Å²) >= 11 is 2.88. The van der Waals surface area contributed by atoms with Crippen molar-refractivity contribution in [2.24, 2.45) is 0 Å². The second-order valence-electron chi connectivity index (χ2n) is 1.37. The third-order valence-corrected chi connectivity index (χ3v) is 1.30. The minimum absolute atomic E-state index is 0. The van der Waals surface area contributed by atoms with E-state index in [1.807, 2.05) is 4.98 Å². The van der Waals surface area contributed by atoms with Crippen LogP contribution >= 0.6 is 15.9 Å². The number of hydrogen-bond acceptors (Lipinski definition) is 3. The largest absolute Gasteiger partial charge is 1.00 e. The van der Waals surface area contributed by atoms with E-state index < -0.39 is 11.6 Å². The number of rotatable bonds is 0. The predicted octanol–water partition coefficient (Wildman–Crippen LogP) is -3.39. The van der Waals surface area contributed by atoms with Crippen LogP contribution in [-0.4, -0.2) is 9.97 Å². The molecule has 0 unspecified atom stereocenters. The molecule has 4 nitrogen and oxygen atoms in total. The van der Waals surface area contributed by atoms with Gasteiger partial charge in [0, 0.05) is 6.20 Å². The molecule has 0 saturated heterocycles. The van der Waals surface area contributed by atoms with Crippen LogP contribution in [0.5, 0.6) is 6.01 Å². The molecule has 0 saturated carbocycles. The van der Waals surface area contributed by atoms with Gasteiger partial charge in [0.15, 0.2) is 0 Å². The molecule has 0 radical (unpaired) electrons. The molecule has 0 aliphatic heterocycles. The summed E-state index contributed by atoms with van der Waals surface area (Å²) in [5.41, 5.74) is -0.449. The Morgan fingerprint density at radius 1 is 1.70 bits per heavy atom. The zero-order valence-corrected chi connectivity index (χ0v) is 8.81. The Hall–Kier alpha value is 0.160. The molecule has 0 amide bonds. The zero-order chi connectivity index (χ0) is 6.85. The SMILES string of the molecule is O=c1[nH]c([O-])ncc1Br.[Na+]. The quantitative estimate of drug-likeness (QED) is 0.457. The van der Waals surface area contributed by atoms with E-state index in [1.165, 1.54) is 6.20 Å². The molecule has 1 rings (SSSR count). The molecule has 0 aliphatic rings. The van der Waals surface area contributed by atoms with Crippen molar-refractivity contribution in [1.29, 1.82) is 0 Å². The molecule has 0 fully saturated rings. The van der Waals surface area contributed by atoms with Crippen molar-refractivity contribution in [2.75, 3.05) is 0 Å². The minimum atomic E-state index is -0.622. The van der Waals surface area contributed by atoms with Crippen molar-refractivity contribution in [2.45, 2.75) is 0 Å². The monoisotopic (exact) mass is 212 g/mol. The molecule has 0 aromatic carbocycles. The number of hydrogen-bond donors (Lipinski definition) is 1. The predicted molar refractivity (Wildman–Crippen MR) is 32.0 cm³/mol. The third-order valence-electron chi connectivity index (χ3n) is 0.733. The molecule has 6 heteroatoms. The number of nitrogens with one attached hydrogen (secondary N) is 1. The van der Waals surface area contributed by atoms with Gasteiger partial charge < -0.3 is 10.1 Å². The van der Waals surface area contributed by atoms with Crippen molar-refractivity contribution < 1.29 is 34.7 Å². The van der Waals surface area contributed by atoms with E-state index in [9.17, 15) is 9.90 Å². The minimum Gasteiger partial charge on any atom is -0.846 e. The summed E-state index contributed by atoms with van der Waals surface area (Å²) in [6.45, 7) is 0. The van der Waals surface area contributed by atoms with Gasteiger partial charge in [-0.2, -0.15) is 0 Å². The summed E-state index contributed by atoms with van der Waals surface area (Å²) < 4.78 is 0.266. The zero-order valence-electron chi connectivity index (χ0n) is 5.22. The number of aromatic nitrogens is 2. The molecular formula is C4H2BrN2NaO2. The molecule has 0 aliphatic carbocycles. The Morgan fingerprint density at radius 3 is 2.70 bits per heavy atom. The van der Waals surface area contributed by atoms with Gasteiger partial charge in [0.05, 0.1) is 6.01 Å². The van der Waals surface area contributed by atoms with Crippen LogP contribution in [0.2, 0.25) is 0 Å². The maximum absolute atomic E-state index is 10.5. The standard InChI is InChI=1S/C4H3BrN2O2.Na/c5-2-1-6-4(9)7-3(2)8;/h1H,(H2,6,7,8,9);/q;+1/p-1.